The smallest absolute Gasteiger partial charge is 0.0932 e. The lowest BCUT2D eigenvalue weighted by Crippen LogP contribution is -2.29. The van der Waals surface area contributed by atoms with E-state index in [2.05, 4.69) is 35.6 Å². The molecule has 1 aliphatic carbocycles. The first-order valence-electron chi connectivity index (χ1n) is 7.22. The van der Waals surface area contributed by atoms with E-state index in [4.69, 9.17) is 16.3 Å². The first-order valence-corrected chi connectivity index (χ1v) is 9.12. The van der Waals surface area contributed by atoms with Crippen LogP contribution in [0.25, 0.3) is 0 Å². The molecule has 2 rings (SSSR count). The van der Waals surface area contributed by atoms with Gasteiger partial charge < -0.3 is 4.74 Å². The van der Waals surface area contributed by atoms with Gasteiger partial charge in [-0.05, 0) is 24.8 Å². The number of hydrogen-bond donors (Lipinski definition) is 0. The van der Waals surface area contributed by atoms with Crippen molar-refractivity contribution in [1.29, 1.82) is 0 Å². The summed E-state index contributed by atoms with van der Waals surface area (Å²) < 4.78 is 7.37. The van der Waals surface area contributed by atoms with Crippen LogP contribution in [0.15, 0.2) is 24.3 Å². The van der Waals surface area contributed by atoms with Crippen LogP contribution in [0.3, 0.4) is 0 Å². The van der Waals surface area contributed by atoms with E-state index in [1.165, 1.54) is 32.1 Å². The van der Waals surface area contributed by atoms with Crippen molar-refractivity contribution in [3.63, 3.8) is 0 Å². The van der Waals surface area contributed by atoms with E-state index >= 15 is 0 Å². The highest BCUT2D eigenvalue weighted by atomic mass is 127. The molecular weight excluding hydrogens is 371 g/mol. The Hall–Kier alpha value is 0.200. The Morgan fingerprint density at radius 1 is 1.32 bits per heavy atom. The molecule has 1 fully saturated rings. The number of rotatable bonds is 5. The molecule has 3 unspecified atom stereocenters. The van der Waals surface area contributed by atoms with Gasteiger partial charge in [-0.25, -0.2) is 0 Å². The molecule has 0 radical (unpaired) electrons. The van der Waals surface area contributed by atoms with Crippen LogP contribution in [-0.2, 0) is 4.74 Å². The quantitative estimate of drug-likeness (QED) is 0.454. The van der Waals surface area contributed by atoms with Gasteiger partial charge in [-0.1, -0.05) is 78.6 Å². The van der Waals surface area contributed by atoms with Gasteiger partial charge in [-0.3, -0.25) is 0 Å². The van der Waals surface area contributed by atoms with E-state index in [-0.39, 0.29) is 6.10 Å². The minimum absolute atomic E-state index is 0.131. The largest absolute Gasteiger partial charge is 0.369 e. The average molecular weight is 393 g/mol. The molecule has 1 aliphatic rings. The van der Waals surface area contributed by atoms with Crippen LogP contribution >= 0.6 is 34.2 Å². The second-order valence-electron chi connectivity index (χ2n) is 5.29. The van der Waals surface area contributed by atoms with Crippen LogP contribution < -0.4 is 0 Å². The fourth-order valence-corrected chi connectivity index (χ4v) is 3.90. The van der Waals surface area contributed by atoms with Crippen LogP contribution in [0.4, 0.5) is 0 Å². The maximum absolute atomic E-state index is 6.42. The van der Waals surface area contributed by atoms with Crippen molar-refractivity contribution in [2.75, 3.05) is 4.43 Å². The van der Waals surface area contributed by atoms with Gasteiger partial charge in [0.2, 0.25) is 0 Å². The van der Waals surface area contributed by atoms with Gasteiger partial charge in [0.1, 0.15) is 0 Å². The number of hydrogen-bond acceptors (Lipinski definition) is 1. The first-order chi connectivity index (χ1) is 9.26. The van der Waals surface area contributed by atoms with Crippen molar-refractivity contribution in [3.05, 3.63) is 34.9 Å². The normalized spacial score (nSPS) is 25.2. The maximum atomic E-state index is 6.42. The number of benzene rings is 1. The fourth-order valence-electron chi connectivity index (χ4n) is 2.96. The first kappa shape index (κ1) is 15.6. The molecule has 1 aromatic rings. The van der Waals surface area contributed by atoms with Gasteiger partial charge in [-0.15, -0.1) is 0 Å². The van der Waals surface area contributed by atoms with Crippen LogP contribution in [0.2, 0.25) is 5.02 Å². The Bertz CT molecular complexity index is 396. The summed E-state index contributed by atoms with van der Waals surface area (Å²) in [6, 6.07) is 8.07. The second-order valence-corrected chi connectivity index (χ2v) is 6.58. The van der Waals surface area contributed by atoms with Crippen LogP contribution in [0.1, 0.15) is 50.7 Å². The standard InChI is InChI=1S/C16H22ClIO/c1-2-12-7-3-6-10-15(12)19-16(11-18)13-8-4-5-9-14(13)17/h4-5,8-9,12,15-16H,2-3,6-7,10-11H2,1H3. The molecule has 106 valence electrons. The molecule has 0 heterocycles. The third-order valence-electron chi connectivity index (χ3n) is 4.10. The molecule has 3 heteroatoms. The summed E-state index contributed by atoms with van der Waals surface area (Å²) in [5, 5.41) is 0.827. The molecule has 1 saturated carbocycles. The summed E-state index contributed by atoms with van der Waals surface area (Å²) in [4.78, 5) is 0. The summed E-state index contributed by atoms with van der Waals surface area (Å²) in [7, 11) is 0. The molecule has 0 aromatic heterocycles. The number of alkyl halides is 1. The van der Waals surface area contributed by atoms with Crippen molar-refractivity contribution in [2.24, 2.45) is 5.92 Å². The molecule has 19 heavy (non-hydrogen) atoms. The van der Waals surface area contributed by atoms with Gasteiger partial charge in [-0.2, -0.15) is 0 Å². The molecular formula is C16H22ClIO. The van der Waals surface area contributed by atoms with Gasteiger partial charge in [0.25, 0.3) is 0 Å². The Morgan fingerprint density at radius 3 is 2.74 bits per heavy atom. The lowest BCUT2D eigenvalue weighted by molar-refractivity contribution is -0.0517. The van der Waals surface area contributed by atoms with Crippen molar-refractivity contribution < 1.29 is 4.74 Å². The van der Waals surface area contributed by atoms with Crippen LogP contribution in [-0.4, -0.2) is 10.5 Å². The Labute approximate surface area is 135 Å². The summed E-state index contributed by atoms with van der Waals surface area (Å²) >= 11 is 8.70. The molecule has 3 atom stereocenters. The molecule has 0 N–H and O–H groups in total. The zero-order chi connectivity index (χ0) is 13.7. The van der Waals surface area contributed by atoms with E-state index in [1.54, 1.807) is 0 Å². The van der Waals surface area contributed by atoms with Crippen LogP contribution in [0, 0.1) is 5.92 Å². The fraction of sp³-hybridized carbons (Fsp3) is 0.625. The summed E-state index contributed by atoms with van der Waals surface area (Å²) in [6.45, 7) is 2.28. The Morgan fingerprint density at radius 2 is 2.05 bits per heavy atom. The van der Waals surface area contributed by atoms with Gasteiger partial charge in [0.05, 0.1) is 12.2 Å². The van der Waals surface area contributed by atoms with Gasteiger partial charge >= 0.3 is 0 Å². The lowest BCUT2D eigenvalue weighted by Gasteiger charge is -2.33. The third kappa shape index (κ3) is 4.08. The molecule has 0 spiro atoms. The highest BCUT2D eigenvalue weighted by molar-refractivity contribution is 14.1. The monoisotopic (exact) mass is 392 g/mol. The molecule has 0 saturated heterocycles. The van der Waals surface area contributed by atoms with E-state index < -0.39 is 0 Å². The minimum Gasteiger partial charge on any atom is -0.369 e. The van der Waals surface area contributed by atoms with Crippen molar-refractivity contribution in [2.45, 2.75) is 51.2 Å². The average Bonchev–Trinajstić information content (AvgIpc) is 2.46. The van der Waals surface area contributed by atoms with Crippen LogP contribution in [0.5, 0.6) is 0 Å². The predicted octanol–water partition coefficient (Wildman–Crippen LogP) is 5.80. The molecule has 0 bridgehead atoms. The minimum atomic E-state index is 0.131. The van der Waals surface area contributed by atoms with E-state index in [1.807, 2.05) is 18.2 Å². The molecule has 1 nitrogen and oxygen atoms in total. The molecule has 0 amide bonds. The summed E-state index contributed by atoms with van der Waals surface area (Å²) in [6.07, 6.45) is 6.95. The van der Waals surface area contributed by atoms with Gasteiger partial charge in [0, 0.05) is 15.0 Å². The van der Waals surface area contributed by atoms with Gasteiger partial charge in [0.15, 0.2) is 0 Å². The third-order valence-corrected chi connectivity index (χ3v) is 5.24. The summed E-state index contributed by atoms with van der Waals surface area (Å²) in [5.41, 5.74) is 1.14. The van der Waals surface area contributed by atoms with E-state index in [0.717, 1.165) is 20.9 Å². The van der Waals surface area contributed by atoms with E-state index in [0.29, 0.717) is 6.10 Å². The van der Waals surface area contributed by atoms with Crippen molar-refractivity contribution in [1.82, 2.24) is 0 Å². The van der Waals surface area contributed by atoms with Crippen molar-refractivity contribution >= 4 is 34.2 Å². The van der Waals surface area contributed by atoms with Crippen molar-refractivity contribution in [3.8, 4) is 0 Å². The topological polar surface area (TPSA) is 9.23 Å². The zero-order valence-corrected chi connectivity index (χ0v) is 14.4. The number of halogens is 2. The second kappa shape index (κ2) is 7.84. The maximum Gasteiger partial charge on any atom is 0.0932 e. The predicted molar refractivity (Wildman–Crippen MR) is 90.2 cm³/mol. The Kier molecular flexibility index (Phi) is 6.43. The zero-order valence-electron chi connectivity index (χ0n) is 11.4. The highest BCUT2D eigenvalue weighted by Crippen LogP contribution is 2.35. The lowest BCUT2D eigenvalue weighted by atomic mass is 9.84. The van der Waals surface area contributed by atoms with E-state index in [9.17, 15) is 0 Å². The summed E-state index contributed by atoms with van der Waals surface area (Å²) in [5.74, 6) is 0.724. The Balaban J connectivity index is 2.08. The molecule has 1 aromatic carbocycles. The highest BCUT2D eigenvalue weighted by Gasteiger charge is 2.27. The number of ether oxygens (including phenoxy) is 1. The molecule has 0 aliphatic heterocycles. The SMILES string of the molecule is CCC1CCCCC1OC(CI)c1ccccc1Cl.